The molecular formula is C26H23FN4O. The highest BCUT2D eigenvalue weighted by molar-refractivity contribution is 6.07. The van der Waals surface area contributed by atoms with Crippen LogP contribution in [0.15, 0.2) is 65.8 Å². The minimum atomic E-state index is -0.320. The van der Waals surface area contributed by atoms with Gasteiger partial charge in [0.1, 0.15) is 5.82 Å². The van der Waals surface area contributed by atoms with Gasteiger partial charge in [-0.3, -0.25) is 4.79 Å². The summed E-state index contributed by atoms with van der Waals surface area (Å²) in [5.41, 5.74) is 8.54. The number of nitrogens with zero attached hydrogens (tertiary/aromatic N) is 3. The highest BCUT2D eigenvalue weighted by Crippen LogP contribution is 2.38. The Bertz CT molecular complexity index is 1350. The largest absolute Gasteiger partial charge is 0.345 e. The van der Waals surface area contributed by atoms with Crippen molar-refractivity contribution in [3.63, 3.8) is 0 Å². The summed E-state index contributed by atoms with van der Waals surface area (Å²) < 4.78 is 15.7. The quantitative estimate of drug-likeness (QED) is 0.336. The Kier molecular flexibility index (Phi) is 5.05. The van der Waals surface area contributed by atoms with Crippen molar-refractivity contribution in [3.05, 3.63) is 89.0 Å². The molecule has 160 valence electrons. The predicted molar refractivity (Wildman–Crippen MR) is 124 cm³/mol. The third-order valence-electron chi connectivity index (χ3n) is 5.91. The molecule has 0 unspecified atom stereocenters. The van der Waals surface area contributed by atoms with Gasteiger partial charge < -0.3 is 4.57 Å². The molecule has 5 rings (SSSR count). The van der Waals surface area contributed by atoms with E-state index in [1.807, 2.05) is 24.3 Å². The van der Waals surface area contributed by atoms with Crippen LogP contribution in [0.3, 0.4) is 0 Å². The van der Waals surface area contributed by atoms with E-state index in [1.54, 1.807) is 24.4 Å². The van der Waals surface area contributed by atoms with E-state index in [0.717, 1.165) is 22.2 Å². The zero-order chi connectivity index (χ0) is 22.2. The van der Waals surface area contributed by atoms with Crippen LogP contribution in [0.1, 0.15) is 46.2 Å². The van der Waals surface area contributed by atoms with E-state index < -0.39 is 0 Å². The van der Waals surface area contributed by atoms with E-state index in [0.29, 0.717) is 22.8 Å². The Morgan fingerprint density at radius 3 is 2.62 bits per heavy atom. The molecule has 0 spiro atoms. The summed E-state index contributed by atoms with van der Waals surface area (Å²) >= 11 is 0. The maximum absolute atomic E-state index is 13.3. The van der Waals surface area contributed by atoms with Crippen LogP contribution < -0.4 is 5.43 Å². The van der Waals surface area contributed by atoms with Crippen molar-refractivity contribution in [2.45, 2.75) is 32.7 Å². The number of aromatic nitrogens is 2. The fourth-order valence-corrected chi connectivity index (χ4v) is 4.18. The Morgan fingerprint density at radius 1 is 1.12 bits per heavy atom. The van der Waals surface area contributed by atoms with Crippen LogP contribution in [-0.4, -0.2) is 21.7 Å². The summed E-state index contributed by atoms with van der Waals surface area (Å²) in [6, 6.07) is 17.9. The molecule has 2 heterocycles. The van der Waals surface area contributed by atoms with Crippen LogP contribution in [0.2, 0.25) is 0 Å². The van der Waals surface area contributed by atoms with Crippen molar-refractivity contribution >= 4 is 23.0 Å². The summed E-state index contributed by atoms with van der Waals surface area (Å²) in [5, 5.41) is 4.96. The lowest BCUT2D eigenvalue weighted by Crippen LogP contribution is -2.18. The number of rotatable bonds is 5. The van der Waals surface area contributed by atoms with Crippen LogP contribution in [0.5, 0.6) is 0 Å². The first kappa shape index (κ1) is 20.1. The van der Waals surface area contributed by atoms with Crippen LogP contribution in [-0.2, 0) is 0 Å². The van der Waals surface area contributed by atoms with Crippen LogP contribution in [0.25, 0.3) is 22.2 Å². The van der Waals surface area contributed by atoms with Crippen molar-refractivity contribution < 1.29 is 9.18 Å². The molecule has 0 atom stereocenters. The minimum absolute atomic E-state index is 0.317. The van der Waals surface area contributed by atoms with E-state index >= 15 is 0 Å². The Balaban J connectivity index is 1.44. The van der Waals surface area contributed by atoms with Crippen LogP contribution in [0.4, 0.5) is 4.39 Å². The van der Waals surface area contributed by atoms with Gasteiger partial charge in [-0.25, -0.2) is 14.8 Å². The lowest BCUT2D eigenvalue weighted by Gasteiger charge is -2.09. The average Bonchev–Trinajstić information content (AvgIpc) is 3.58. The number of hydrogen-bond donors (Lipinski definition) is 1. The Labute approximate surface area is 185 Å². The van der Waals surface area contributed by atoms with Gasteiger partial charge in [0.25, 0.3) is 5.91 Å². The molecule has 1 aliphatic carbocycles. The number of fused-ring (bicyclic) bond motifs is 1. The summed E-state index contributed by atoms with van der Waals surface area (Å²) in [4.78, 5) is 17.7. The molecule has 2 aromatic heterocycles. The molecule has 2 aromatic carbocycles. The minimum Gasteiger partial charge on any atom is -0.345 e. The van der Waals surface area contributed by atoms with Gasteiger partial charge >= 0.3 is 0 Å². The van der Waals surface area contributed by atoms with Crippen molar-refractivity contribution in [2.24, 2.45) is 5.10 Å². The summed E-state index contributed by atoms with van der Waals surface area (Å²) in [5.74, 6) is -0.637. The van der Waals surface area contributed by atoms with Gasteiger partial charge in [-0.2, -0.15) is 5.10 Å². The molecule has 0 saturated heterocycles. The van der Waals surface area contributed by atoms with Gasteiger partial charge in [-0.15, -0.1) is 0 Å². The standard InChI is InChI=1S/C26H23FN4O/c1-16-13-19(17(2)31(16)21-11-12-21)15-28-30-26(32)23-14-25(18-7-9-20(27)10-8-18)29-24-6-4-3-5-22(23)24/h3-10,13-15,21H,11-12H2,1-2H3,(H,30,32)/b28-15+. The average molecular weight is 426 g/mol. The fraction of sp³-hybridized carbons (Fsp3) is 0.192. The topological polar surface area (TPSA) is 59.3 Å². The third kappa shape index (κ3) is 3.80. The molecule has 0 aliphatic heterocycles. The number of pyridine rings is 1. The molecule has 0 radical (unpaired) electrons. The molecule has 1 amide bonds. The number of carbonyl (C=O) groups excluding carboxylic acids is 1. The van der Waals surface area contributed by atoms with E-state index in [9.17, 15) is 9.18 Å². The van der Waals surface area contributed by atoms with E-state index in [-0.39, 0.29) is 11.7 Å². The van der Waals surface area contributed by atoms with Gasteiger partial charge in [-0.05, 0) is 69.2 Å². The van der Waals surface area contributed by atoms with E-state index in [4.69, 9.17) is 0 Å². The van der Waals surface area contributed by atoms with Crippen molar-refractivity contribution in [1.29, 1.82) is 0 Å². The smallest absolute Gasteiger partial charge is 0.272 e. The lowest BCUT2D eigenvalue weighted by molar-refractivity contribution is 0.0956. The van der Waals surface area contributed by atoms with Crippen molar-refractivity contribution in [3.8, 4) is 11.3 Å². The first-order valence-corrected chi connectivity index (χ1v) is 10.7. The van der Waals surface area contributed by atoms with E-state index in [2.05, 4.69) is 40.0 Å². The zero-order valence-corrected chi connectivity index (χ0v) is 18.0. The molecule has 1 saturated carbocycles. The van der Waals surface area contributed by atoms with Crippen molar-refractivity contribution in [1.82, 2.24) is 15.0 Å². The number of benzene rings is 2. The maximum atomic E-state index is 13.3. The van der Waals surface area contributed by atoms with Crippen LogP contribution >= 0.6 is 0 Å². The molecule has 1 fully saturated rings. The van der Waals surface area contributed by atoms with Gasteiger partial charge in [-0.1, -0.05) is 18.2 Å². The second kappa shape index (κ2) is 8.04. The molecule has 32 heavy (non-hydrogen) atoms. The van der Waals surface area contributed by atoms with Gasteiger partial charge in [0.15, 0.2) is 0 Å². The van der Waals surface area contributed by atoms with Gasteiger partial charge in [0.05, 0.1) is 23.0 Å². The summed E-state index contributed by atoms with van der Waals surface area (Å²) in [6.45, 7) is 4.18. The number of aryl methyl sites for hydroxylation is 1. The number of nitrogens with one attached hydrogen (secondary N) is 1. The molecule has 4 aromatic rings. The molecule has 0 bridgehead atoms. The third-order valence-corrected chi connectivity index (χ3v) is 5.91. The number of para-hydroxylation sites is 1. The first-order valence-electron chi connectivity index (χ1n) is 10.7. The fourth-order valence-electron chi connectivity index (χ4n) is 4.18. The lowest BCUT2D eigenvalue weighted by atomic mass is 10.0. The first-order chi connectivity index (χ1) is 15.5. The summed E-state index contributed by atoms with van der Waals surface area (Å²) in [7, 11) is 0. The molecule has 6 heteroatoms. The van der Waals surface area contributed by atoms with Crippen LogP contribution in [0, 0.1) is 19.7 Å². The van der Waals surface area contributed by atoms with Crippen molar-refractivity contribution in [2.75, 3.05) is 0 Å². The highest BCUT2D eigenvalue weighted by Gasteiger charge is 2.26. The Hall–Kier alpha value is -3.80. The van der Waals surface area contributed by atoms with Gasteiger partial charge in [0, 0.05) is 33.9 Å². The highest BCUT2D eigenvalue weighted by atomic mass is 19.1. The number of amides is 1. The van der Waals surface area contributed by atoms with Gasteiger partial charge in [0.2, 0.25) is 0 Å². The SMILES string of the molecule is Cc1cc(/C=N/NC(=O)c2cc(-c3ccc(F)cc3)nc3ccccc23)c(C)n1C1CC1. The summed E-state index contributed by atoms with van der Waals surface area (Å²) in [6.07, 6.45) is 4.13. The maximum Gasteiger partial charge on any atom is 0.272 e. The van der Waals surface area contributed by atoms with E-state index in [1.165, 1.54) is 30.7 Å². The molecule has 1 aliphatic rings. The normalized spacial score (nSPS) is 13.7. The molecule has 5 nitrogen and oxygen atoms in total. The number of halogens is 1. The predicted octanol–water partition coefficient (Wildman–Crippen LogP) is 5.56. The number of carbonyl (C=O) groups is 1. The number of hydrazone groups is 1. The molecule has 1 N–H and O–H groups in total. The number of hydrogen-bond acceptors (Lipinski definition) is 3. The Morgan fingerprint density at radius 2 is 1.88 bits per heavy atom. The monoisotopic (exact) mass is 426 g/mol. The second-order valence-corrected chi connectivity index (χ2v) is 8.21. The molecular weight excluding hydrogens is 403 g/mol. The second-order valence-electron chi connectivity index (χ2n) is 8.21. The zero-order valence-electron chi connectivity index (χ0n) is 18.0.